The predicted molar refractivity (Wildman–Crippen MR) is 45.2 cm³/mol. The van der Waals surface area contributed by atoms with Crippen LogP contribution in [0.5, 0.6) is 0 Å². The van der Waals surface area contributed by atoms with Crippen molar-refractivity contribution in [3.05, 3.63) is 30.0 Å². The third-order valence-electron chi connectivity index (χ3n) is 1.80. The highest BCUT2D eigenvalue weighted by Crippen LogP contribution is 2.19. The summed E-state index contributed by atoms with van der Waals surface area (Å²) in [4.78, 5) is 10.9. The van der Waals surface area contributed by atoms with Crippen molar-refractivity contribution in [3.8, 4) is 11.3 Å². The molecular formula is C9H8N2O. The average molecular weight is 160 g/mol. The van der Waals surface area contributed by atoms with Crippen molar-refractivity contribution >= 4 is 5.78 Å². The molecule has 0 saturated carbocycles. The number of nitrogens with one attached hydrogen (secondary N) is 1. The maximum absolute atomic E-state index is 10.9. The van der Waals surface area contributed by atoms with E-state index in [1.54, 1.807) is 0 Å². The van der Waals surface area contributed by atoms with Crippen LogP contribution in [0.4, 0.5) is 0 Å². The lowest BCUT2D eigenvalue weighted by Crippen LogP contribution is -1.99. The van der Waals surface area contributed by atoms with Crippen LogP contribution in [0.15, 0.2) is 24.3 Å². The zero-order chi connectivity index (χ0) is 8.55. The average Bonchev–Trinajstić information content (AvgIpc) is 2.49. The summed E-state index contributed by atoms with van der Waals surface area (Å²) in [6.07, 6.45) is 0. The SMILES string of the molecule is CC(=O)c1cc2cccc-2n[nH]1. The van der Waals surface area contributed by atoms with Crippen molar-refractivity contribution < 1.29 is 4.79 Å². The molecule has 0 spiro atoms. The molecule has 2 rings (SSSR count). The van der Waals surface area contributed by atoms with Crippen molar-refractivity contribution in [1.82, 2.24) is 10.2 Å². The van der Waals surface area contributed by atoms with Crippen LogP contribution in [0.25, 0.3) is 11.3 Å². The quantitative estimate of drug-likeness (QED) is 0.645. The second-order valence-corrected chi connectivity index (χ2v) is 2.70. The number of aromatic nitrogens is 2. The van der Waals surface area contributed by atoms with E-state index in [1.165, 1.54) is 6.92 Å². The Kier molecular flexibility index (Phi) is 1.43. The van der Waals surface area contributed by atoms with Gasteiger partial charge in [-0.25, -0.2) is 0 Å². The molecule has 3 heteroatoms. The summed E-state index contributed by atoms with van der Waals surface area (Å²) in [7, 11) is 0. The lowest BCUT2D eigenvalue weighted by molar-refractivity contribution is 0.101. The summed E-state index contributed by atoms with van der Waals surface area (Å²) in [6, 6.07) is 7.55. The molecule has 12 heavy (non-hydrogen) atoms. The van der Waals surface area contributed by atoms with Gasteiger partial charge in [-0.15, -0.1) is 0 Å². The number of aromatic amines is 1. The molecule has 0 amide bonds. The van der Waals surface area contributed by atoms with Gasteiger partial charge < -0.3 is 0 Å². The first-order chi connectivity index (χ1) is 5.77. The fraction of sp³-hybridized carbons (Fsp3) is 0.111. The minimum Gasteiger partial charge on any atom is -0.293 e. The molecule has 3 nitrogen and oxygen atoms in total. The number of fused-ring (bicyclic) bond motifs is 1. The fourth-order valence-electron chi connectivity index (χ4n) is 1.14. The van der Waals surface area contributed by atoms with Crippen LogP contribution in [-0.2, 0) is 0 Å². The van der Waals surface area contributed by atoms with Crippen LogP contribution >= 0.6 is 0 Å². The molecule has 1 aliphatic heterocycles. The summed E-state index contributed by atoms with van der Waals surface area (Å²) in [5, 5.41) is 6.71. The van der Waals surface area contributed by atoms with Gasteiger partial charge in [-0.05, 0) is 12.1 Å². The van der Waals surface area contributed by atoms with E-state index >= 15 is 0 Å². The highest BCUT2D eigenvalue weighted by Gasteiger charge is 2.06. The minimum atomic E-state index is 0.00519. The van der Waals surface area contributed by atoms with Gasteiger partial charge in [0.1, 0.15) is 0 Å². The number of carbonyl (C=O) groups is 1. The van der Waals surface area contributed by atoms with E-state index in [1.807, 2.05) is 24.3 Å². The highest BCUT2D eigenvalue weighted by atomic mass is 16.1. The van der Waals surface area contributed by atoms with Gasteiger partial charge in [0.2, 0.25) is 0 Å². The van der Waals surface area contributed by atoms with Crippen LogP contribution in [0.2, 0.25) is 0 Å². The van der Waals surface area contributed by atoms with Crippen molar-refractivity contribution in [1.29, 1.82) is 0 Å². The van der Waals surface area contributed by atoms with Gasteiger partial charge in [-0.3, -0.25) is 9.89 Å². The summed E-state index contributed by atoms with van der Waals surface area (Å²) in [5.74, 6) is 0.00519. The normalized spacial score (nSPS) is 10.4. The summed E-state index contributed by atoms with van der Waals surface area (Å²) in [5.41, 5.74) is 2.44. The topological polar surface area (TPSA) is 45.8 Å². The fourth-order valence-corrected chi connectivity index (χ4v) is 1.14. The zero-order valence-electron chi connectivity index (χ0n) is 6.66. The van der Waals surface area contributed by atoms with Crippen LogP contribution < -0.4 is 0 Å². The molecule has 0 aromatic heterocycles. The van der Waals surface area contributed by atoms with Gasteiger partial charge >= 0.3 is 0 Å². The van der Waals surface area contributed by atoms with Gasteiger partial charge in [-0.2, -0.15) is 5.10 Å². The Hall–Kier alpha value is -1.64. The van der Waals surface area contributed by atoms with Crippen molar-refractivity contribution in [2.24, 2.45) is 0 Å². The summed E-state index contributed by atoms with van der Waals surface area (Å²) in [6.45, 7) is 1.52. The number of ketones is 1. The summed E-state index contributed by atoms with van der Waals surface area (Å²) >= 11 is 0. The molecular weight excluding hydrogens is 152 g/mol. The number of H-pyrrole nitrogens is 1. The van der Waals surface area contributed by atoms with E-state index < -0.39 is 0 Å². The van der Waals surface area contributed by atoms with Crippen LogP contribution in [-0.4, -0.2) is 16.0 Å². The Morgan fingerprint density at radius 2 is 2.33 bits per heavy atom. The molecule has 1 heterocycles. The maximum atomic E-state index is 10.9. The number of rotatable bonds is 1. The van der Waals surface area contributed by atoms with E-state index in [0.29, 0.717) is 5.69 Å². The third kappa shape index (κ3) is 0.993. The van der Waals surface area contributed by atoms with E-state index in [9.17, 15) is 4.79 Å². The Morgan fingerprint density at radius 1 is 1.50 bits per heavy atom. The van der Waals surface area contributed by atoms with Crippen molar-refractivity contribution in [2.45, 2.75) is 6.92 Å². The van der Waals surface area contributed by atoms with Gasteiger partial charge in [0.25, 0.3) is 0 Å². The lowest BCUT2D eigenvalue weighted by atomic mass is 10.2. The van der Waals surface area contributed by atoms with Crippen LogP contribution in [0.1, 0.15) is 17.4 Å². The Balaban J connectivity index is 2.62. The van der Waals surface area contributed by atoms with Crippen LogP contribution in [0.3, 0.4) is 0 Å². The van der Waals surface area contributed by atoms with Gasteiger partial charge in [-0.1, -0.05) is 12.1 Å². The smallest absolute Gasteiger partial charge is 0.177 e. The molecule has 0 aromatic carbocycles. The molecule has 0 saturated heterocycles. The zero-order valence-corrected chi connectivity index (χ0v) is 6.66. The van der Waals surface area contributed by atoms with E-state index in [-0.39, 0.29) is 5.78 Å². The predicted octanol–water partition coefficient (Wildman–Crippen LogP) is 1.72. The van der Waals surface area contributed by atoms with Crippen molar-refractivity contribution in [2.75, 3.05) is 0 Å². The molecule has 0 fully saturated rings. The van der Waals surface area contributed by atoms with E-state index in [4.69, 9.17) is 0 Å². The number of Topliss-reactive ketones (excluding diaryl/α,β-unsaturated/α-hetero) is 1. The summed E-state index contributed by atoms with van der Waals surface area (Å²) < 4.78 is 0. The Morgan fingerprint density at radius 3 is 3.08 bits per heavy atom. The lowest BCUT2D eigenvalue weighted by Gasteiger charge is -1.99. The monoisotopic (exact) mass is 160 g/mol. The standard InChI is InChI=1S/C9H8N2O/c1-6(12)9-5-7-3-2-4-8(7)10-11-9/h2-5,11H,1H3. The first kappa shape index (κ1) is 7.03. The second-order valence-electron chi connectivity index (χ2n) is 2.70. The Labute approximate surface area is 69.8 Å². The largest absolute Gasteiger partial charge is 0.293 e. The number of carbonyl (C=O) groups excluding carboxylic acids is 1. The van der Waals surface area contributed by atoms with Gasteiger partial charge in [0, 0.05) is 12.5 Å². The van der Waals surface area contributed by atoms with Crippen LogP contribution in [0, 0.1) is 0 Å². The molecule has 60 valence electrons. The van der Waals surface area contributed by atoms with E-state index in [0.717, 1.165) is 11.3 Å². The Bertz CT molecular complexity index is 392. The first-order valence-electron chi connectivity index (χ1n) is 3.72. The maximum Gasteiger partial charge on any atom is 0.177 e. The van der Waals surface area contributed by atoms with E-state index in [2.05, 4.69) is 10.2 Å². The molecule has 2 aliphatic rings. The molecule has 0 radical (unpaired) electrons. The number of nitrogens with zero attached hydrogens (tertiary/aromatic N) is 1. The third-order valence-corrected chi connectivity index (χ3v) is 1.80. The molecule has 1 N–H and O–H groups in total. The molecule has 0 aromatic rings. The number of hydrogen-bond acceptors (Lipinski definition) is 2. The first-order valence-corrected chi connectivity index (χ1v) is 3.72. The van der Waals surface area contributed by atoms with Gasteiger partial charge in [0.05, 0.1) is 11.4 Å². The highest BCUT2D eigenvalue weighted by molar-refractivity contribution is 5.93. The second kappa shape index (κ2) is 2.44. The number of hydrogen-bond donors (Lipinski definition) is 1. The molecule has 1 aliphatic carbocycles. The molecule has 0 unspecified atom stereocenters. The molecule has 0 atom stereocenters. The minimum absolute atomic E-state index is 0.00519. The van der Waals surface area contributed by atoms with Crippen molar-refractivity contribution in [3.63, 3.8) is 0 Å². The van der Waals surface area contributed by atoms with Gasteiger partial charge in [0.15, 0.2) is 5.78 Å². The molecule has 0 bridgehead atoms.